The summed E-state index contributed by atoms with van der Waals surface area (Å²) in [6.45, 7) is 16.4. The molecule has 8 nitrogen and oxygen atoms in total. The summed E-state index contributed by atoms with van der Waals surface area (Å²) < 4.78 is 28.6. The van der Waals surface area contributed by atoms with Crippen LogP contribution in [-0.4, -0.2) is 66.3 Å². The minimum Gasteiger partial charge on any atom is -0.492 e. The molecule has 2 aromatic carbocycles. The third-order valence-corrected chi connectivity index (χ3v) is 6.60. The lowest BCUT2D eigenvalue weighted by molar-refractivity contribution is 0.236. The Labute approximate surface area is 244 Å². The van der Waals surface area contributed by atoms with E-state index in [1.54, 1.807) is 42.6 Å². The van der Waals surface area contributed by atoms with Crippen molar-refractivity contribution in [3.05, 3.63) is 59.7 Å². The predicted molar refractivity (Wildman–Crippen MR) is 167 cm³/mol. The third-order valence-electron chi connectivity index (χ3n) is 6.60. The third kappa shape index (κ3) is 8.32. The first kappa shape index (κ1) is 33.3. The van der Waals surface area contributed by atoms with Crippen LogP contribution in [0, 0.1) is 24.1 Å². The summed E-state index contributed by atoms with van der Waals surface area (Å²) >= 11 is 0. The van der Waals surface area contributed by atoms with E-state index in [1.165, 1.54) is 4.68 Å². The second-order valence-corrected chi connectivity index (χ2v) is 9.26. The van der Waals surface area contributed by atoms with Gasteiger partial charge in [0.05, 0.1) is 23.2 Å². The van der Waals surface area contributed by atoms with E-state index in [0.29, 0.717) is 45.5 Å². The molecule has 0 spiro atoms. The van der Waals surface area contributed by atoms with Crippen LogP contribution in [0.25, 0.3) is 21.8 Å². The number of nitriles is 1. The number of pyridine rings is 1. The van der Waals surface area contributed by atoms with Gasteiger partial charge in [0.2, 0.25) is 0 Å². The number of hydrogen-bond donors (Lipinski definition) is 1. The van der Waals surface area contributed by atoms with Crippen molar-refractivity contribution < 1.29 is 13.9 Å². The second-order valence-electron chi connectivity index (χ2n) is 9.26. The highest BCUT2D eigenvalue weighted by Gasteiger charge is 2.16. The van der Waals surface area contributed by atoms with Gasteiger partial charge in [-0.2, -0.15) is 5.26 Å². The van der Waals surface area contributed by atoms with Gasteiger partial charge in [0.15, 0.2) is 11.6 Å². The van der Waals surface area contributed by atoms with Crippen LogP contribution < -0.4 is 15.3 Å². The number of likely N-dealkylation sites (N-methyl/N-ethyl adjacent to an activating group) is 2. The first-order valence-corrected chi connectivity index (χ1v) is 14.4. The number of fused-ring (bicyclic) bond motifs is 2. The van der Waals surface area contributed by atoms with E-state index in [2.05, 4.69) is 41.9 Å². The van der Waals surface area contributed by atoms with Crippen molar-refractivity contribution in [2.24, 2.45) is 0 Å². The van der Waals surface area contributed by atoms with E-state index in [9.17, 15) is 5.26 Å². The van der Waals surface area contributed by atoms with E-state index in [4.69, 9.17) is 15.3 Å². The Bertz CT molecular complexity index is 1450. The molecule has 4 rings (SSSR count). The maximum absolute atomic E-state index is 15.2. The number of nitrogens with two attached hydrogens (primary N) is 1. The van der Waals surface area contributed by atoms with Crippen LogP contribution in [0.1, 0.15) is 52.3 Å². The van der Waals surface area contributed by atoms with Gasteiger partial charge in [-0.05, 0) is 64.3 Å². The molecule has 9 heteroatoms. The summed E-state index contributed by atoms with van der Waals surface area (Å²) in [6.07, 6.45) is 2.42. The summed E-state index contributed by atoms with van der Waals surface area (Å²) in [6, 6.07) is 12.2. The number of hydrogen-bond acceptors (Lipinski definition) is 7. The summed E-state index contributed by atoms with van der Waals surface area (Å²) in [5, 5.41) is 10.7. The Hall–Kier alpha value is -3.87. The van der Waals surface area contributed by atoms with Gasteiger partial charge in [-0.1, -0.05) is 34.6 Å². The van der Waals surface area contributed by atoms with E-state index in [0.717, 1.165) is 38.3 Å². The van der Waals surface area contributed by atoms with Crippen molar-refractivity contribution in [2.45, 2.75) is 48.0 Å². The predicted octanol–water partition coefficient (Wildman–Crippen LogP) is 6.72. The molecule has 0 amide bonds. The van der Waals surface area contributed by atoms with Crippen molar-refractivity contribution >= 4 is 21.8 Å². The molecule has 0 aliphatic heterocycles. The zero-order valence-corrected chi connectivity index (χ0v) is 25.8. The fourth-order valence-electron chi connectivity index (χ4n) is 4.15. The largest absolute Gasteiger partial charge is 0.492 e. The van der Waals surface area contributed by atoms with Crippen LogP contribution >= 0.6 is 0 Å². The molecule has 0 aliphatic rings. The first-order valence-electron chi connectivity index (χ1n) is 14.4. The Kier molecular flexibility index (Phi) is 13.3. The molecule has 0 bridgehead atoms. The van der Waals surface area contributed by atoms with E-state index >= 15 is 4.39 Å². The molecule has 41 heavy (non-hydrogen) atoms. The highest BCUT2D eigenvalue weighted by Crippen LogP contribution is 2.36. The fraction of sp³-hybridized carbons (Fsp3) is 0.438. The number of halogens is 1. The van der Waals surface area contributed by atoms with E-state index in [1.807, 2.05) is 34.6 Å². The monoisotopic (exact) mass is 564 g/mol. The number of nitrogen functional groups attached to an aromatic ring is 1. The van der Waals surface area contributed by atoms with Gasteiger partial charge in [0.1, 0.15) is 17.6 Å². The van der Waals surface area contributed by atoms with E-state index in [-0.39, 0.29) is 5.75 Å². The Morgan fingerprint density at radius 3 is 2.34 bits per heavy atom. The fourth-order valence-corrected chi connectivity index (χ4v) is 4.15. The van der Waals surface area contributed by atoms with Gasteiger partial charge in [0, 0.05) is 48.4 Å². The van der Waals surface area contributed by atoms with Gasteiger partial charge in [-0.15, -0.1) is 0 Å². The molecular formula is C32H45FN6O2. The Balaban J connectivity index is 0.00000141. The van der Waals surface area contributed by atoms with Gasteiger partial charge >= 0.3 is 0 Å². The van der Waals surface area contributed by atoms with Crippen molar-refractivity contribution in [2.75, 3.05) is 52.7 Å². The summed E-state index contributed by atoms with van der Waals surface area (Å²) in [7, 11) is 4.21. The van der Waals surface area contributed by atoms with Crippen LogP contribution in [0.2, 0.25) is 0 Å². The van der Waals surface area contributed by atoms with Crippen molar-refractivity contribution in [3.63, 3.8) is 0 Å². The molecule has 0 saturated heterocycles. The normalized spacial score (nSPS) is 10.7. The lowest BCUT2D eigenvalue weighted by atomic mass is 10.1. The lowest BCUT2D eigenvalue weighted by Crippen LogP contribution is -2.31. The maximum Gasteiger partial charge on any atom is 0.175 e. The van der Waals surface area contributed by atoms with Crippen molar-refractivity contribution in [1.82, 2.24) is 19.5 Å². The van der Waals surface area contributed by atoms with Crippen molar-refractivity contribution in [1.29, 1.82) is 5.26 Å². The molecule has 0 atom stereocenters. The summed E-state index contributed by atoms with van der Waals surface area (Å²) in [5.74, 6) is 6.41. The molecule has 0 aliphatic carbocycles. The highest BCUT2D eigenvalue weighted by atomic mass is 19.1. The Morgan fingerprint density at radius 2 is 1.66 bits per heavy atom. The van der Waals surface area contributed by atoms with Crippen molar-refractivity contribution in [3.8, 4) is 23.3 Å². The lowest BCUT2D eigenvalue weighted by Gasteiger charge is -2.21. The molecule has 4 aromatic rings. The standard InChI is InChI=1S/C28H33FN6O2.2C2H6/c1-5-33(3)12-13-34(4)11-6-14-36-27-17-23-21(16-20(27)18-30)25(9-10-32-23)37-26-8-7-24-22(28(26)29)15-19(2)35(24)31;2*1-2/h7-10,15-17H,5-6,11-14,31H2,1-4H3;2*1-2H3. The Morgan fingerprint density at radius 1 is 0.951 bits per heavy atom. The number of nitrogens with zero attached hydrogens (tertiary/aromatic N) is 5. The van der Waals surface area contributed by atoms with Crippen LogP contribution in [0.5, 0.6) is 17.2 Å². The van der Waals surface area contributed by atoms with Gasteiger partial charge in [-0.3, -0.25) is 9.66 Å². The van der Waals surface area contributed by atoms with E-state index < -0.39 is 5.82 Å². The number of ether oxygens (including phenoxy) is 2. The summed E-state index contributed by atoms with van der Waals surface area (Å²) in [5.41, 5.74) is 2.28. The maximum atomic E-state index is 15.2. The first-order chi connectivity index (χ1) is 19.8. The van der Waals surface area contributed by atoms with Gasteiger partial charge in [-0.25, -0.2) is 4.39 Å². The van der Waals surface area contributed by atoms with Crippen LogP contribution in [0.15, 0.2) is 42.6 Å². The smallest absolute Gasteiger partial charge is 0.175 e. The SMILES string of the molecule is CC.CC.CCN(C)CCN(C)CCCOc1cc2nccc(Oc3ccc4c(cc(C)n4N)c3F)c2cc1C#N. The highest BCUT2D eigenvalue weighted by molar-refractivity contribution is 5.89. The second kappa shape index (κ2) is 16.4. The van der Waals surface area contributed by atoms with Gasteiger partial charge in [0.25, 0.3) is 0 Å². The zero-order chi connectivity index (χ0) is 30.5. The molecular weight excluding hydrogens is 519 g/mol. The topological polar surface area (TPSA) is 92.6 Å². The zero-order valence-electron chi connectivity index (χ0n) is 25.8. The molecule has 0 fully saturated rings. The minimum absolute atomic E-state index is 0.0682. The quantitative estimate of drug-likeness (QED) is 0.160. The van der Waals surface area contributed by atoms with Crippen LogP contribution in [0.3, 0.4) is 0 Å². The average molecular weight is 565 g/mol. The molecule has 0 saturated carbocycles. The summed E-state index contributed by atoms with van der Waals surface area (Å²) in [4.78, 5) is 8.96. The van der Waals surface area contributed by atoms with Crippen LogP contribution in [0.4, 0.5) is 4.39 Å². The number of rotatable bonds is 11. The molecule has 2 heterocycles. The molecule has 2 N–H and O–H groups in total. The molecule has 0 radical (unpaired) electrons. The average Bonchev–Trinajstić information content (AvgIpc) is 3.30. The number of aromatic nitrogens is 2. The number of benzene rings is 2. The minimum atomic E-state index is -0.499. The molecule has 0 unspecified atom stereocenters. The van der Waals surface area contributed by atoms with Gasteiger partial charge < -0.3 is 25.1 Å². The number of aryl methyl sites for hydroxylation is 1. The van der Waals surface area contributed by atoms with Crippen LogP contribution in [-0.2, 0) is 0 Å². The molecule has 222 valence electrons. The molecule has 2 aromatic heterocycles.